The number of aliphatic hydroxyl groups is 1. The smallest absolute Gasteiger partial charge is 0.0855 e. The van der Waals surface area contributed by atoms with Crippen molar-refractivity contribution >= 4 is 15.9 Å². The monoisotopic (exact) mass is 309 g/mol. The molecule has 5 heteroatoms. The molecule has 4 nitrogen and oxygen atoms in total. The van der Waals surface area contributed by atoms with Gasteiger partial charge in [0.05, 0.1) is 11.3 Å². The Morgan fingerprint density at radius 2 is 1.94 bits per heavy atom. The molecule has 0 radical (unpaired) electrons. The molecule has 1 aromatic heterocycles. The minimum atomic E-state index is -0.816. The highest BCUT2D eigenvalue weighted by Crippen LogP contribution is 2.19. The first-order chi connectivity index (χ1) is 8.44. The van der Waals surface area contributed by atoms with Crippen LogP contribution in [0, 0.1) is 0 Å². The molecule has 1 unspecified atom stereocenters. The first kappa shape index (κ1) is 13.2. The van der Waals surface area contributed by atoms with Crippen molar-refractivity contribution in [2.24, 2.45) is 7.05 Å². The molecular weight excluding hydrogens is 294 g/mol. The third kappa shape index (κ3) is 3.65. The Hall–Kier alpha value is -1.20. The molecule has 96 valence electrons. The lowest BCUT2D eigenvalue weighted by molar-refractivity contribution is 0.0598. The quantitative estimate of drug-likeness (QED) is 0.941. The minimum Gasteiger partial charge on any atom is -0.389 e. The first-order valence-electron chi connectivity index (χ1n) is 5.77. The number of rotatable bonds is 4. The maximum Gasteiger partial charge on any atom is 0.0855 e. The van der Waals surface area contributed by atoms with Crippen molar-refractivity contribution in [2.75, 3.05) is 0 Å². The average molecular weight is 310 g/mol. The van der Waals surface area contributed by atoms with Crippen LogP contribution >= 0.6 is 15.9 Å². The Morgan fingerprint density at radius 1 is 1.28 bits per heavy atom. The Labute approximate surface area is 115 Å². The molecule has 2 aromatic rings. The molecule has 0 bridgehead atoms. The Bertz CT molecular complexity index is 519. The maximum atomic E-state index is 10.4. The van der Waals surface area contributed by atoms with Crippen LogP contribution in [0.25, 0.3) is 0 Å². The van der Waals surface area contributed by atoms with Crippen LogP contribution in [0.5, 0.6) is 0 Å². The van der Waals surface area contributed by atoms with Gasteiger partial charge in [0.2, 0.25) is 0 Å². The van der Waals surface area contributed by atoms with Gasteiger partial charge in [0.15, 0.2) is 0 Å². The molecule has 1 N–H and O–H groups in total. The van der Waals surface area contributed by atoms with E-state index in [0.717, 1.165) is 15.7 Å². The summed E-state index contributed by atoms with van der Waals surface area (Å²) in [6, 6.07) is 7.98. The SMILES string of the molecule is Cn1cc(CC(C)(O)Cc2ccc(Br)cc2)nn1. The largest absolute Gasteiger partial charge is 0.389 e. The van der Waals surface area contributed by atoms with Crippen LogP contribution in [0.15, 0.2) is 34.9 Å². The second-order valence-corrected chi connectivity index (χ2v) is 5.78. The minimum absolute atomic E-state index is 0.497. The van der Waals surface area contributed by atoms with E-state index in [0.29, 0.717) is 12.8 Å². The molecule has 0 aliphatic heterocycles. The van der Waals surface area contributed by atoms with E-state index in [9.17, 15) is 5.11 Å². The second kappa shape index (κ2) is 5.20. The molecule has 0 amide bonds. The fourth-order valence-corrected chi connectivity index (χ4v) is 2.24. The van der Waals surface area contributed by atoms with Crippen molar-refractivity contribution < 1.29 is 5.11 Å². The van der Waals surface area contributed by atoms with Crippen LogP contribution in [0.1, 0.15) is 18.2 Å². The van der Waals surface area contributed by atoms with Gasteiger partial charge in [0, 0.05) is 30.6 Å². The van der Waals surface area contributed by atoms with Crippen LogP contribution in [-0.2, 0) is 19.9 Å². The Kier molecular flexibility index (Phi) is 3.82. The molecule has 18 heavy (non-hydrogen) atoms. The number of benzene rings is 1. The molecule has 1 aromatic carbocycles. The number of hydrogen-bond acceptors (Lipinski definition) is 3. The third-order valence-electron chi connectivity index (χ3n) is 2.71. The van der Waals surface area contributed by atoms with E-state index in [2.05, 4.69) is 26.2 Å². The van der Waals surface area contributed by atoms with Crippen LogP contribution < -0.4 is 0 Å². The summed E-state index contributed by atoms with van der Waals surface area (Å²) in [7, 11) is 1.82. The van der Waals surface area contributed by atoms with Gasteiger partial charge in [-0.15, -0.1) is 5.10 Å². The Balaban J connectivity index is 2.04. The van der Waals surface area contributed by atoms with E-state index >= 15 is 0 Å². The Morgan fingerprint density at radius 3 is 2.50 bits per heavy atom. The maximum absolute atomic E-state index is 10.4. The van der Waals surface area contributed by atoms with Gasteiger partial charge in [0.25, 0.3) is 0 Å². The van der Waals surface area contributed by atoms with E-state index in [1.54, 1.807) is 4.68 Å². The van der Waals surface area contributed by atoms with E-state index in [1.807, 2.05) is 44.4 Å². The summed E-state index contributed by atoms with van der Waals surface area (Å²) in [5.74, 6) is 0. The zero-order chi connectivity index (χ0) is 13.2. The molecule has 0 saturated heterocycles. The third-order valence-corrected chi connectivity index (χ3v) is 3.24. The van der Waals surface area contributed by atoms with Crippen molar-refractivity contribution in [1.82, 2.24) is 15.0 Å². The molecular formula is C13H16BrN3O. The van der Waals surface area contributed by atoms with Gasteiger partial charge in [-0.05, 0) is 24.6 Å². The molecule has 0 saturated carbocycles. The molecule has 1 atom stereocenters. The van der Waals surface area contributed by atoms with E-state index in [4.69, 9.17) is 0 Å². The average Bonchev–Trinajstić information content (AvgIpc) is 2.66. The second-order valence-electron chi connectivity index (χ2n) is 4.86. The number of halogens is 1. The first-order valence-corrected chi connectivity index (χ1v) is 6.56. The topological polar surface area (TPSA) is 50.9 Å². The molecule has 1 heterocycles. The van der Waals surface area contributed by atoms with Gasteiger partial charge in [-0.1, -0.05) is 33.3 Å². The van der Waals surface area contributed by atoms with Crippen LogP contribution in [0.3, 0.4) is 0 Å². The highest BCUT2D eigenvalue weighted by molar-refractivity contribution is 9.10. The predicted octanol–water partition coefficient (Wildman–Crippen LogP) is 2.11. The summed E-state index contributed by atoms with van der Waals surface area (Å²) in [6.07, 6.45) is 2.92. The van der Waals surface area contributed by atoms with E-state index in [1.165, 1.54) is 0 Å². The molecule has 0 spiro atoms. The van der Waals surface area contributed by atoms with Gasteiger partial charge in [0.1, 0.15) is 0 Å². The zero-order valence-corrected chi connectivity index (χ0v) is 12.1. The summed E-state index contributed by atoms with van der Waals surface area (Å²) in [5.41, 5.74) is 1.09. The molecule has 0 fully saturated rings. The van der Waals surface area contributed by atoms with E-state index in [-0.39, 0.29) is 0 Å². The van der Waals surface area contributed by atoms with Crippen molar-refractivity contribution in [1.29, 1.82) is 0 Å². The number of nitrogens with zero attached hydrogens (tertiary/aromatic N) is 3. The lowest BCUT2D eigenvalue weighted by Crippen LogP contribution is -2.30. The van der Waals surface area contributed by atoms with Crippen LogP contribution in [0.4, 0.5) is 0 Å². The summed E-state index contributed by atoms with van der Waals surface area (Å²) < 4.78 is 2.69. The molecule has 0 aliphatic carbocycles. The van der Waals surface area contributed by atoms with Crippen molar-refractivity contribution in [3.8, 4) is 0 Å². The molecule has 2 rings (SSSR count). The lowest BCUT2D eigenvalue weighted by atomic mass is 9.92. The van der Waals surface area contributed by atoms with Crippen LogP contribution in [-0.4, -0.2) is 25.7 Å². The van der Waals surface area contributed by atoms with Gasteiger partial charge in [-0.3, -0.25) is 4.68 Å². The summed E-state index contributed by atoms with van der Waals surface area (Å²) in [5, 5.41) is 18.3. The van der Waals surface area contributed by atoms with Crippen molar-refractivity contribution in [3.63, 3.8) is 0 Å². The predicted molar refractivity (Wildman–Crippen MR) is 73.2 cm³/mol. The van der Waals surface area contributed by atoms with E-state index < -0.39 is 5.60 Å². The van der Waals surface area contributed by atoms with Gasteiger partial charge in [-0.25, -0.2) is 0 Å². The van der Waals surface area contributed by atoms with Gasteiger partial charge in [-0.2, -0.15) is 0 Å². The molecule has 0 aliphatic rings. The van der Waals surface area contributed by atoms with Gasteiger partial charge >= 0.3 is 0 Å². The lowest BCUT2D eigenvalue weighted by Gasteiger charge is -2.22. The standard InChI is InChI=1S/C13H16BrN3O/c1-13(18,8-12-9-17(2)16-15-12)7-10-3-5-11(14)6-4-10/h3-6,9,18H,7-8H2,1-2H3. The van der Waals surface area contributed by atoms with Crippen molar-refractivity contribution in [3.05, 3.63) is 46.2 Å². The van der Waals surface area contributed by atoms with Crippen molar-refractivity contribution in [2.45, 2.75) is 25.4 Å². The number of hydrogen-bond donors (Lipinski definition) is 1. The summed E-state index contributed by atoms with van der Waals surface area (Å²) >= 11 is 3.40. The summed E-state index contributed by atoms with van der Waals surface area (Å²) in [6.45, 7) is 1.82. The summed E-state index contributed by atoms with van der Waals surface area (Å²) in [4.78, 5) is 0. The fraction of sp³-hybridized carbons (Fsp3) is 0.385. The highest BCUT2D eigenvalue weighted by Gasteiger charge is 2.23. The fourth-order valence-electron chi connectivity index (χ4n) is 1.97. The zero-order valence-electron chi connectivity index (χ0n) is 10.5. The normalized spacial score (nSPS) is 14.4. The van der Waals surface area contributed by atoms with Crippen LogP contribution in [0.2, 0.25) is 0 Å². The van der Waals surface area contributed by atoms with Gasteiger partial charge < -0.3 is 5.11 Å². The highest BCUT2D eigenvalue weighted by atomic mass is 79.9. The number of aryl methyl sites for hydroxylation is 1. The number of aromatic nitrogens is 3.